The highest BCUT2D eigenvalue weighted by Crippen LogP contribution is 2.28. The van der Waals surface area contributed by atoms with Gasteiger partial charge in [0.2, 0.25) is 0 Å². The van der Waals surface area contributed by atoms with Crippen LogP contribution in [0.25, 0.3) is 10.9 Å². The highest BCUT2D eigenvalue weighted by atomic mass is 35.5. The summed E-state index contributed by atoms with van der Waals surface area (Å²) in [7, 11) is 0. The van der Waals surface area contributed by atoms with E-state index in [0.717, 1.165) is 33.7 Å². The molecule has 2 aromatic carbocycles. The van der Waals surface area contributed by atoms with Crippen molar-refractivity contribution in [2.45, 2.75) is 13.0 Å². The molecule has 0 aliphatic heterocycles. The van der Waals surface area contributed by atoms with Gasteiger partial charge < -0.3 is 5.32 Å². The Morgan fingerprint density at radius 1 is 1.00 bits per heavy atom. The lowest BCUT2D eigenvalue weighted by Crippen LogP contribution is -2.23. The second-order valence-corrected chi connectivity index (χ2v) is 5.35. The van der Waals surface area contributed by atoms with Crippen molar-refractivity contribution >= 4 is 22.5 Å². The summed E-state index contributed by atoms with van der Waals surface area (Å²) in [5.41, 5.74) is 3.05. The third-order valence-electron chi connectivity index (χ3n) is 3.54. The predicted octanol–water partition coefficient (Wildman–Crippen LogP) is 4.59. The number of fused-ring (bicyclic) bond motifs is 1. The van der Waals surface area contributed by atoms with Crippen molar-refractivity contribution in [3.05, 3.63) is 76.9 Å². The molecule has 0 amide bonds. The molecule has 0 spiro atoms. The van der Waals surface area contributed by atoms with Gasteiger partial charge in [0.05, 0.1) is 17.3 Å². The monoisotopic (exact) mass is 296 g/mol. The average Bonchev–Trinajstić information content (AvgIpc) is 2.53. The predicted molar refractivity (Wildman–Crippen MR) is 88.7 cm³/mol. The number of nitrogens with zero attached hydrogens (tertiary/aromatic N) is 1. The first-order valence-electron chi connectivity index (χ1n) is 7.13. The summed E-state index contributed by atoms with van der Waals surface area (Å²) in [5.74, 6) is 0. The van der Waals surface area contributed by atoms with Crippen molar-refractivity contribution in [3.8, 4) is 0 Å². The lowest BCUT2D eigenvalue weighted by molar-refractivity contribution is 0.618. The fraction of sp³-hybridized carbons (Fsp3) is 0.167. The van der Waals surface area contributed by atoms with Gasteiger partial charge in [0, 0.05) is 10.4 Å². The van der Waals surface area contributed by atoms with Gasteiger partial charge in [0.15, 0.2) is 0 Å². The molecule has 3 rings (SSSR count). The van der Waals surface area contributed by atoms with Gasteiger partial charge in [0.1, 0.15) is 0 Å². The average molecular weight is 297 g/mol. The minimum absolute atomic E-state index is 0.00769. The van der Waals surface area contributed by atoms with Crippen LogP contribution in [0.1, 0.15) is 24.2 Å². The summed E-state index contributed by atoms with van der Waals surface area (Å²) in [6.45, 7) is 2.94. The molecular weight excluding hydrogens is 280 g/mol. The highest BCUT2D eigenvalue weighted by molar-refractivity contribution is 6.31. The van der Waals surface area contributed by atoms with E-state index in [1.54, 1.807) is 0 Å². The van der Waals surface area contributed by atoms with Gasteiger partial charge in [-0.25, -0.2) is 0 Å². The number of rotatable bonds is 4. The molecule has 0 aliphatic carbocycles. The van der Waals surface area contributed by atoms with Crippen molar-refractivity contribution in [2.75, 3.05) is 6.54 Å². The topological polar surface area (TPSA) is 24.9 Å². The van der Waals surface area contributed by atoms with E-state index in [1.807, 2.05) is 42.5 Å². The maximum Gasteiger partial charge on any atom is 0.0766 e. The van der Waals surface area contributed by atoms with Gasteiger partial charge in [0.25, 0.3) is 0 Å². The Balaban J connectivity index is 2.09. The van der Waals surface area contributed by atoms with E-state index in [9.17, 15) is 0 Å². The summed E-state index contributed by atoms with van der Waals surface area (Å²) < 4.78 is 0. The summed E-state index contributed by atoms with van der Waals surface area (Å²) in [5, 5.41) is 5.38. The first kappa shape index (κ1) is 14.1. The van der Waals surface area contributed by atoms with Gasteiger partial charge >= 0.3 is 0 Å². The molecule has 0 radical (unpaired) electrons. The molecule has 1 N–H and O–H groups in total. The second-order valence-electron chi connectivity index (χ2n) is 4.94. The molecule has 3 heteroatoms. The van der Waals surface area contributed by atoms with Crippen LogP contribution in [-0.2, 0) is 0 Å². The standard InChI is InChI=1S/C18H17ClN2/c1-2-20-18(14-8-4-5-9-15(14)19)17-12-11-13-7-3-6-10-16(13)21-17/h3-12,18,20H,2H2,1H3. The van der Waals surface area contributed by atoms with E-state index in [4.69, 9.17) is 16.6 Å². The molecular formula is C18H17ClN2. The third-order valence-corrected chi connectivity index (χ3v) is 3.88. The number of para-hydroxylation sites is 1. The highest BCUT2D eigenvalue weighted by Gasteiger charge is 2.17. The Kier molecular flexibility index (Phi) is 4.18. The Hall–Kier alpha value is -1.90. The molecule has 0 aliphatic rings. The number of pyridine rings is 1. The molecule has 3 aromatic rings. The molecule has 0 saturated heterocycles. The van der Waals surface area contributed by atoms with Crippen LogP contribution >= 0.6 is 11.6 Å². The van der Waals surface area contributed by atoms with E-state index in [0.29, 0.717) is 0 Å². The van der Waals surface area contributed by atoms with Crippen molar-refractivity contribution in [1.29, 1.82) is 0 Å². The smallest absolute Gasteiger partial charge is 0.0766 e. The molecule has 1 atom stereocenters. The summed E-state index contributed by atoms with van der Waals surface area (Å²) in [4.78, 5) is 4.79. The normalized spacial score (nSPS) is 12.5. The molecule has 0 bridgehead atoms. The summed E-state index contributed by atoms with van der Waals surface area (Å²) in [6, 6.07) is 20.3. The number of hydrogen-bond donors (Lipinski definition) is 1. The fourth-order valence-corrected chi connectivity index (χ4v) is 2.77. The van der Waals surface area contributed by atoms with Crippen LogP contribution in [0, 0.1) is 0 Å². The van der Waals surface area contributed by atoms with Gasteiger partial charge in [-0.05, 0) is 30.3 Å². The summed E-state index contributed by atoms with van der Waals surface area (Å²) in [6.07, 6.45) is 0. The Bertz CT molecular complexity index is 755. The number of hydrogen-bond acceptors (Lipinski definition) is 2. The molecule has 0 fully saturated rings. The van der Waals surface area contributed by atoms with Crippen LogP contribution in [0.15, 0.2) is 60.7 Å². The van der Waals surface area contributed by atoms with Crippen LogP contribution in [0.4, 0.5) is 0 Å². The molecule has 21 heavy (non-hydrogen) atoms. The van der Waals surface area contributed by atoms with Gasteiger partial charge in [-0.15, -0.1) is 0 Å². The van der Waals surface area contributed by atoms with Crippen molar-refractivity contribution in [3.63, 3.8) is 0 Å². The first-order chi connectivity index (χ1) is 10.3. The Labute approximate surface area is 129 Å². The lowest BCUT2D eigenvalue weighted by Gasteiger charge is -2.19. The third kappa shape index (κ3) is 2.92. The van der Waals surface area contributed by atoms with E-state index in [-0.39, 0.29) is 6.04 Å². The quantitative estimate of drug-likeness (QED) is 0.762. The SMILES string of the molecule is CCNC(c1ccc2ccccc2n1)c1ccccc1Cl. The zero-order valence-electron chi connectivity index (χ0n) is 11.9. The molecule has 0 saturated carbocycles. The number of benzene rings is 2. The Morgan fingerprint density at radius 2 is 1.76 bits per heavy atom. The minimum atomic E-state index is 0.00769. The Morgan fingerprint density at radius 3 is 2.57 bits per heavy atom. The van der Waals surface area contributed by atoms with Crippen LogP contribution in [-0.4, -0.2) is 11.5 Å². The van der Waals surface area contributed by atoms with E-state index >= 15 is 0 Å². The van der Waals surface area contributed by atoms with Gasteiger partial charge in [-0.3, -0.25) is 4.98 Å². The number of aromatic nitrogens is 1. The zero-order valence-corrected chi connectivity index (χ0v) is 12.6. The van der Waals surface area contributed by atoms with Crippen LogP contribution in [0.5, 0.6) is 0 Å². The molecule has 2 nitrogen and oxygen atoms in total. The van der Waals surface area contributed by atoms with Crippen LogP contribution in [0.3, 0.4) is 0 Å². The number of halogens is 1. The van der Waals surface area contributed by atoms with Crippen LogP contribution < -0.4 is 5.32 Å². The van der Waals surface area contributed by atoms with E-state index in [1.165, 1.54) is 0 Å². The molecule has 1 unspecified atom stereocenters. The number of nitrogens with one attached hydrogen (secondary N) is 1. The van der Waals surface area contributed by atoms with Crippen molar-refractivity contribution in [1.82, 2.24) is 10.3 Å². The van der Waals surface area contributed by atoms with E-state index in [2.05, 4.69) is 30.4 Å². The molecule has 1 heterocycles. The van der Waals surface area contributed by atoms with Crippen LogP contribution in [0.2, 0.25) is 5.02 Å². The molecule has 1 aromatic heterocycles. The van der Waals surface area contributed by atoms with E-state index < -0.39 is 0 Å². The van der Waals surface area contributed by atoms with Crippen molar-refractivity contribution in [2.24, 2.45) is 0 Å². The summed E-state index contributed by atoms with van der Waals surface area (Å²) >= 11 is 6.36. The largest absolute Gasteiger partial charge is 0.305 e. The second kappa shape index (κ2) is 6.25. The zero-order chi connectivity index (χ0) is 14.7. The van der Waals surface area contributed by atoms with Gasteiger partial charge in [-0.2, -0.15) is 0 Å². The maximum absolute atomic E-state index is 6.36. The maximum atomic E-state index is 6.36. The van der Waals surface area contributed by atoms with Gasteiger partial charge in [-0.1, -0.05) is 61.0 Å². The minimum Gasteiger partial charge on any atom is -0.305 e. The molecule has 106 valence electrons. The lowest BCUT2D eigenvalue weighted by atomic mass is 10.0. The first-order valence-corrected chi connectivity index (χ1v) is 7.51. The fourth-order valence-electron chi connectivity index (χ4n) is 2.53. The van der Waals surface area contributed by atoms with Crippen molar-refractivity contribution < 1.29 is 0 Å².